The molecule has 0 aromatic heterocycles. The predicted molar refractivity (Wildman–Crippen MR) is 171 cm³/mol. The maximum Gasteiger partial charge on any atom is 0.253 e. The van der Waals surface area contributed by atoms with Gasteiger partial charge in [-0.05, 0) is 81.6 Å². The summed E-state index contributed by atoms with van der Waals surface area (Å²) in [7, 11) is 1.57. The average molecular weight is 618 g/mol. The number of nitrogens with zero attached hydrogens (tertiary/aromatic N) is 3. The zero-order chi connectivity index (χ0) is 32.4. The molecule has 3 saturated heterocycles. The van der Waals surface area contributed by atoms with Crippen LogP contribution in [0.5, 0.6) is 11.5 Å². The van der Waals surface area contributed by atoms with Crippen molar-refractivity contribution in [3.63, 3.8) is 0 Å². The molecule has 45 heavy (non-hydrogen) atoms. The summed E-state index contributed by atoms with van der Waals surface area (Å²) in [6.45, 7) is 12.5. The second-order valence-corrected chi connectivity index (χ2v) is 11.9. The highest BCUT2D eigenvalue weighted by atomic mass is 16.5. The summed E-state index contributed by atoms with van der Waals surface area (Å²) >= 11 is 0. The first-order chi connectivity index (χ1) is 21.7. The van der Waals surface area contributed by atoms with E-state index >= 15 is 0 Å². The normalized spacial score (nSPS) is 26.4. The highest BCUT2D eigenvalue weighted by Crippen LogP contribution is 2.63. The Morgan fingerprint density at radius 1 is 1.00 bits per heavy atom. The minimum absolute atomic E-state index is 0.150. The Hall–Kier alpha value is -4.15. The number of likely N-dealkylation sites (tertiary alicyclic amines) is 1. The fourth-order valence-electron chi connectivity index (χ4n) is 7.43. The fourth-order valence-corrected chi connectivity index (χ4v) is 7.43. The lowest BCUT2D eigenvalue weighted by Gasteiger charge is -2.37. The van der Waals surface area contributed by atoms with E-state index in [4.69, 9.17) is 14.2 Å². The molecule has 3 aliphatic rings. The number of aliphatic hydroxyl groups is 1. The van der Waals surface area contributed by atoms with Gasteiger partial charge in [-0.15, -0.1) is 13.2 Å². The van der Waals surface area contributed by atoms with Crippen molar-refractivity contribution in [1.82, 2.24) is 4.90 Å². The number of hydrogen-bond donors (Lipinski definition) is 1. The lowest BCUT2D eigenvalue weighted by Crippen LogP contribution is -2.56. The maximum atomic E-state index is 14.6. The first-order valence-corrected chi connectivity index (χ1v) is 15.5. The number of ether oxygens (including phenoxy) is 3. The van der Waals surface area contributed by atoms with Crippen molar-refractivity contribution in [2.45, 2.75) is 50.4 Å². The number of carbonyl (C=O) groups excluding carboxylic acids is 3. The molecule has 3 amide bonds. The van der Waals surface area contributed by atoms with Crippen LogP contribution in [0.4, 0.5) is 11.4 Å². The first-order valence-electron chi connectivity index (χ1n) is 15.5. The molecule has 240 valence electrons. The van der Waals surface area contributed by atoms with E-state index in [2.05, 4.69) is 13.2 Å². The summed E-state index contributed by atoms with van der Waals surface area (Å²) in [4.78, 5) is 48.4. The van der Waals surface area contributed by atoms with E-state index < -0.39 is 29.1 Å². The van der Waals surface area contributed by atoms with Gasteiger partial charge in [-0.25, -0.2) is 0 Å². The third kappa shape index (κ3) is 5.50. The molecule has 2 unspecified atom stereocenters. The molecule has 5 atom stereocenters. The van der Waals surface area contributed by atoms with Crippen molar-refractivity contribution in [1.29, 1.82) is 0 Å². The fraction of sp³-hybridized carbons (Fsp3) is 0.457. The van der Waals surface area contributed by atoms with Gasteiger partial charge in [0.05, 0.1) is 31.2 Å². The van der Waals surface area contributed by atoms with Crippen LogP contribution >= 0.6 is 0 Å². The number of amides is 3. The lowest BCUT2D eigenvalue weighted by molar-refractivity contribution is -0.144. The van der Waals surface area contributed by atoms with E-state index in [1.165, 1.54) is 4.90 Å². The zero-order valence-electron chi connectivity index (χ0n) is 26.3. The molecule has 10 nitrogen and oxygen atoms in total. The number of benzene rings is 2. The van der Waals surface area contributed by atoms with Crippen LogP contribution in [0.15, 0.2) is 73.8 Å². The molecule has 5 rings (SSSR count). The second kappa shape index (κ2) is 13.1. The van der Waals surface area contributed by atoms with E-state index in [9.17, 15) is 19.5 Å². The molecule has 2 aromatic carbocycles. The molecule has 2 bridgehead atoms. The standard InChI is InChI=1S/C35H43N3O7/c1-6-20-36(24-12-16-27(17-13-24)44-8-3)31(40)28-29-32(41)38(22-9-23-39)30(35(29)19-18-34(28,4)45-35)33(42)37(21-7-2)25-10-14-26(43-5)15-11-25/h6-7,10-17,28-30,39H,1-2,8-9,18-23H2,3-5H3/t28-,29-,30?,34+,35?/m0/s1. The van der Waals surface area contributed by atoms with Crippen LogP contribution in [-0.2, 0) is 19.1 Å². The summed E-state index contributed by atoms with van der Waals surface area (Å²) in [6, 6.07) is 13.4. The molecule has 3 heterocycles. The number of methoxy groups -OCH3 is 1. The maximum absolute atomic E-state index is 14.6. The topological polar surface area (TPSA) is 109 Å². The van der Waals surface area contributed by atoms with Crippen molar-refractivity contribution in [2.75, 3.05) is 49.8 Å². The average Bonchev–Trinajstić information content (AvgIpc) is 3.62. The van der Waals surface area contributed by atoms with Crippen LogP contribution in [0.25, 0.3) is 0 Å². The van der Waals surface area contributed by atoms with Gasteiger partial charge in [-0.2, -0.15) is 0 Å². The Morgan fingerprint density at radius 2 is 1.58 bits per heavy atom. The molecule has 3 fully saturated rings. The summed E-state index contributed by atoms with van der Waals surface area (Å²) in [6.07, 6.45) is 4.54. The molecular formula is C35H43N3O7. The minimum Gasteiger partial charge on any atom is -0.497 e. The first kappa shape index (κ1) is 32.2. The van der Waals surface area contributed by atoms with Gasteiger partial charge in [0.15, 0.2) is 0 Å². The lowest BCUT2D eigenvalue weighted by atomic mass is 9.66. The molecule has 1 N–H and O–H groups in total. The van der Waals surface area contributed by atoms with E-state index in [0.717, 1.165) is 0 Å². The van der Waals surface area contributed by atoms with Crippen LogP contribution in [-0.4, -0.2) is 84.9 Å². The number of anilines is 2. The predicted octanol–water partition coefficient (Wildman–Crippen LogP) is 3.98. The Bertz CT molecular complexity index is 1430. The van der Waals surface area contributed by atoms with Crippen LogP contribution in [0.2, 0.25) is 0 Å². The van der Waals surface area contributed by atoms with Crippen molar-refractivity contribution in [3.05, 3.63) is 73.8 Å². The summed E-state index contributed by atoms with van der Waals surface area (Å²) in [5.74, 6) is -1.24. The molecule has 0 aliphatic carbocycles. The Morgan fingerprint density at radius 3 is 2.11 bits per heavy atom. The van der Waals surface area contributed by atoms with Crippen LogP contribution < -0.4 is 19.3 Å². The molecule has 2 aromatic rings. The number of fused-ring (bicyclic) bond motifs is 1. The number of carbonyl (C=O) groups is 3. The van der Waals surface area contributed by atoms with Gasteiger partial charge in [0.1, 0.15) is 23.1 Å². The molecule has 1 spiro atoms. The van der Waals surface area contributed by atoms with Crippen LogP contribution in [0.3, 0.4) is 0 Å². The highest BCUT2D eigenvalue weighted by Gasteiger charge is 2.78. The van der Waals surface area contributed by atoms with E-state index in [1.807, 2.05) is 38.1 Å². The van der Waals surface area contributed by atoms with Gasteiger partial charge < -0.3 is 34.0 Å². The zero-order valence-corrected chi connectivity index (χ0v) is 26.3. The monoisotopic (exact) mass is 617 g/mol. The van der Waals surface area contributed by atoms with E-state index in [1.54, 1.807) is 53.3 Å². The van der Waals surface area contributed by atoms with E-state index in [-0.39, 0.29) is 50.4 Å². The minimum atomic E-state index is -1.21. The van der Waals surface area contributed by atoms with Crippen LogP contribution in [0, 0.1) is 11.8 Å². The SMILES string of the molecule is C=CCN(C(=O)C1N(CCCO)C(=O)[C@@H]2[C@@H](C(=O)N(CC=C)c3ccc(OCC)cc3)[C@@]3(C)CCC12O3)c1ccc(OC)cc1. The summed E-state index contributed by atoms with van der Waals surface area (Å²) in [5, 5.41) is 9.71. The molecule has 10 heteroatoms. The third-order valence-corrected chi connectivity index (χ3v) is 9.33. The Kier molecular flexibility index (Phi) is 9.36. The van der Waals surface area contributed by atoms with Gasteiger partial charge in [-0.3, -0.25) is 14.4 Å². The quantitative estimate of drug-likeness (QED) is 0.320. The number of aliphatic hydroxyl groups excluding tert-OH is 1. The Labute approximate surface area is 264 Å². The largest absolute Gasteiger partial charge is 0.497 e. The van der Waals surface area contributed by atoms with Crippen molar-refractivity contribution >= 4 is 29.1 Å². The van der Waals surface area contributed by atoms with Crippen LogP contribution in [0.1, 0.15) is 33.1 Å². The molecular weight excluding hydrogens is 574 g/mol. The Balaban J connectivity index is 1.55. The second-order valence-electron chi connectivity index (χ2n) is 11.9. The van der Waals surface area contributed by atoms with Gasteiger partial charge in [-0.1, -0.05) is 12.2 Å². The van der Waals surface area contributed by atoms with E-state index in [0.29, 0.717) is 42.3 Å². The van der Waals surface area contributed by atoms with Gasteiger partial charge in [0, 0.05) is 37.6 Å². The number of rotatable bonds is 14. The molecule has 0 radical (unpaired) electrons. The highest BCUT2D eigenvalue weighted by molar-refractivity contribution is 6.06. The number of hydrogen-bond acceptors (Lipinski definition) is 7. The van der Waals surface area contributed by atoms with Gasteiger partial charge in [0.25, 0.3) is 5.91 Å². The summed E-state index contributed by atoms with van der Waals surface area (Å²) < 4.78 is 17.7. The smallest absolute Gasteiger partial charge is 0.253 e. The van der Waals surface area contributed by atoms with Crippen molar-refractivity contribution in [3.8, 4) is 11.5 Å². The third-order valence-electron chi connectivity index (χ3n) is 9.33. The van der Waals surface area contributed by atoms with Gasteiger partial charge in [0.2, 0.25) is 11.8 Å². The van der Waals surface area contributed by atoms with Crippen molar-refractivity contribution in [2.24, 2.45) is 11.8 Å². The van der Waals surface area contributed by atoms with Crippen molar-refractivity contribution < 1.29 is 33.7 Å². The molecule has 0 saturated carbocycles. The summed E-state index contributed by atoms with van der Waals surface area (Å²) in [5.41, 5.74) is -0.888. The molecule has 3 aliphatic heterocycles. The van der Waals surface area contributed by atoms with Gasteiger partial charge >= 0.3 is 0 Å².